The van der Waals surface area contributed by atoms with Crippen LogP contribution in [0.25, 0.3) is 89.2 Å². The molecule has 0 unspecified atom stereocenters. The highest BCUT2D eigenvalue weighted by molar-refractivity contribution is 6.06. The number of fused-ring (bicyclic) bond motifs is 5. The van der Waals surface area contributed by atoms with Gasteiger partial charge in [-0.05, 0) is 103 Å². The molecule has 0 amide bonds. The van der Waals surface area contributed by atoms with Crippen LogP contribution in [0.4, 0.5) is 0 Å². The SMILES string of the molecule is N#Cc1ccc(-c2cccc3c2-c2cc(-c4ccc(-c5cc(-c6cccc(-c7ccccc7)c6)nc(-c6ccccc6)n5)cc4)c4ccccc4c2C3)cc1. The molecule has 3 heteroatoms. The Balaban J connectivity index is 1.08. The van der Waals surface area contributed by atoms with Crippen LogP contribution in [-0.2, 0) is 6.42 Å². The molecule has 0 saturated heterocycles. The normalized spacial score (nSPS) is 11.5. The molecule has 0 aliphatic heterocycles. The van der Waals surface area contributed by atoms with Crippen LogP contribution in [0.3, 0.4) is 0 Å². The predicted octanol–water partition coefficient (Wildman–Crippen LogP) is 13.1. The van der Waals surface area contributed by atoms with E-state index in [1.54, 1.807) is 0 Å². The van der Waals surface area contributed by atoms with Gasteiger partial charge in [0.1, 0.15) is 0 Å². The average molecular weight is 700 g/mol. The summed E-state index contributed by atoms with van der Waals surface area (Å²) in [6.45, 7) is 0. The Morgan fingerprint density at radius 2 is 0.982 bits per heavy atom. The first-order valence-corrected chi connectivity index (χ1v) is 18.6. The van der Waals surface area contributed by atoms with Crippen molar-refractivity contribution in [2.24, 2.45) is 0 Å². The van der Waals surface area contributed by atoms with Gasteiger partial charge in [-0.1, -0.05) is 158 Å². The van der Waals surface area contributed by atoms with E-state index in [9.17, 15) is 5.26 Å². The molecule has 0 bridgehead atoms. The summed E-state index contributed by atoms with van der Waals surface area (Å²) in [6, 6.07) is 68.2. The monoisotopic (exact) mass is 699 g/mol. The van der Waals surface area contributed by atoms with Crippen LogP contribution in [0, 0.1) is 11.3 Å². The molecule has 1 aromatic heterocycles. The maximum Gasteiger partial charge on any atom is 0.160 e. The van der Waals surface area contributed by atoms with Crippen LogP contribution in [0.5, 0.6) is 0 Å². The summed E-state index contributed by atoms with van der Waals surface area (Å²) >= 11 is 0. The molecule has 0 atom stereocenters. The van der Waals surface area contributed by atoms with E-state index in [-0.39, 0.29) is 0 Å². The Kier molecular flexibility index (Phi) is 7.94. The van der Waals surface area contributed by atoms with Gasteiger partial charge in [-0.15, -0.1) is 0 Å². The molecule has 256 valence electrons. The minimum atomic E-state index is 0.667. The van der Waals surface area contributed by atoms with E-state index in [2.05, 4.69) is 158 Å². The first-order valence-electron chi connectivity index (χ1n) is 18.6. The van der Waals surface area contributed by atoms with Crippen molar-refractivity contribution >= 4 is 10.8 Å². The summed E-state index contributed by atoms with van der Waals surface area (Å²) in [6.07, 6.45) is 0.891. The topological polar surface area (TPSA) is 49.6 Å². The van der Waals surface area contributed by atoms with E-state index in [1.807, 2.05) is 36.4 Å². The maximum absolute atomic E-state index is 9.41. The predicted molar refractivity (Wildman–Crippen MR) is 225 cm³/mol. The molecule has 1 aliphatic carbocycles. The van der Waals surface area contributed by atoms with E-state index in [0.717, 1.165) is 51.2 Å². The van der Waals surface area contributed by atoms with Crippen molar-refractivity contribution < 1.29 is 0 Å². The maximum atomic E-state index is 9.41. The van der Waals surface area contributed by atoms with E-state index in [4.69, 9.17) is 9.97 Å². The highest BCUT2D eigenvalue weighted by Gasteiger charge is 2.25. The van der Waals surface area contributed by atoms with Crippen LogP contribution < -0.4 is 0 Å². The fourth-order valence-electron chi connectivity index (χ4n) is 8.08. The molecular formula is C52H33N3. The number of rotatable bonds is 6. The molecule has 0 fully saturated rings. The number of nitrogens with zero attached hydrogens (tertiary/aromatic N) is 3. The lowest BCUT2D eigenvalue weighted by atomic mass is 9.89. The van der Waals surface area contributed by atoms with Crippen molar-refractivity contribution in [3.05, 3.63) is 205 Å². The Morgan fingerprint density at radius 3 is 1.73 bits per heavy atom. The quantitative estimate of drug-likeness (QED) is 0.174. The second-order valence-electron chi connectivity index (χ2n) is 14.1. The average Bonchev–Trinajstić information content (AvgIpc) is 3.66. The molecule has 9 aromatic rings. The molecule has 0 spiro atoms. The molecule has 1 heterocycles. The van der Waals surface area contributed by atoms with Gasteiger partial charge in [-0.3, -0.25) is 0 Å². The lowest BCUT2D eigenvalue weighted by Gasteiger charge is -2.15. The van der Waals surface area contributed by atoms with Gasteiger partial charge < -0.3 is 0 Å². The van der Waals surface area contributed by atoms with Crippen LogP contribution >= 0.6 is 0 Å². The second kappa shape index (κ2) is 13.5. The van der Waals surface area contributed by atoms with E-state index in [1.165, 1.54) is 49.7 Å². The summed E-state index contributed by atoms with van der Waals surface area (Å²) in [5.74, 6) is 0.698. The summed E-state index contributed by atoms with van der Waals surface area (Å²) in [5, 5.41) is 11.9. The first-order chi connectivity index (χ1) is 27.2. The van der Waals surface area contributed by atoms with Gasteiger partial charge in [0.15, 0.2) is 5.82 Å². The highest BCUT2D eigenvalue weighted by Crippen LogP contribution is 2.48. The van der Waals surface area contributed by atoms with E-state index < -0.39 is 0 Å². The Morgan fingerprint density at radius 1 is 0.400 bits per heavy atom. The molecule has 1 aliphatic rings. The Bertz CT molecular complexity index is 2920. The number of nitriles is 1. The van der Waals surface area contributed by atoms with Gasteiger partial charge in [-0.2, -0.15) is 5.26 Å². The first kappa shape index (κ1) is 32.3. The third-order valence-electron chi connectivity index (χ3n) is 10.8. The molecule has 0 saturated carbocycles. The lowest BCUT2D eigenvalue weighted by Crippen LogP contribution is -1.96. The number of aromatic nitrogens is 2. The fraction of sp³-hybridized carbons (Fsp3) is 0.0192. The Labute approximate surface area is 320 Å². The van der Waals surface area contributed by atoms with Gasteiger partial charge in [0, 0.05) is 16.7 Å². The van der Waals surface area contributed by atoms with E-state index >= 15 is 0 Å². The molecular weight excluding hydrogens is 667 g/mol. The summed E-state index contributed by atoms with van der Waals surface area (Å²) in [4.78, 5) is 10.2. The third kappa shape index (κ3) is 5.87. The zero-order chi connectivity index (χ0) is 36.7. The molecule has 3 nitrogen and oxygen atoms in total. The van der Waals surface area contributed by atoms with Crippen molar-refractivity contribution in [2.45, 2.75) is 6.42 Å². The van der Waals surface area contributed by atoms with Crippen LogP contribution in [0.15, 0.2) is 188 Å². The van der Waals surface area contributed by atoms with Crippen LogP contribution in [0.2, 0.25) is 0 Å². The number of hydrogen-bond acceptors (Lipinski definition) is 3. The minimum Gasteiger partial charge on any atom is -0.228 e. The van der Waals surface area contributed by atoms with Crippen LogP contribution in [0.1, 0.15) is 16.7 Å². The van der Waals surface area contributed by atoms with Crippen molar-refractivity contribution in [3.8, 4) is 84.5 Å². The summed E-state index contributed by atoms with van der Waals surface area (Å²) < 4.78 is 0. The largest absolute Gasteiger partial charge is 0.228 e. The molecule has 10 rings (SSSR count). The third-order valence-corrected chi connectivity index (χ3v) is 10.8. The standard InChI is InChI=1S/C52H33N3/c53-33-34-21-23-36(24-22-34)43-20-10-17-42-30-47-45-19-8-7-18-44(45)46(31-48(47)51(42)43)37-25-27-38(28-26-37)49-32-50(55-52(54-49)39-13-5-2-6-14-39)41-16-9-15-40(29-41)35-11-3-1-4-12-35/h1-29,31-32H,30H2. The van der Waals surface area contributed by atoms with Gasteiger partial charge >= 0.3 is 0 Å². The van der Waals surface area contributed by atoms with E-state index in [0.29, 0.717) is 11.4 Å². The van der Waals surface area contributed by atoms with Crippen molar-refractivity contribution in [1.29, 1.82) is 5.26 Å². The smallest absolute Gasteiger partial charge is 0.160 e. The van der Waals surface area contributed by atoms with Gasteiger partial charge in [-0.25, -0.2) is 9.97 Å². The second-order valence-corrected chi connectivity index (χ2v) is 14.1. The summed E-state index contributed by atoms with van der Waals surface area (Å²) in [5.41, 5.74) is 17.7. The van der Waals surface area contributed by atoms with Gasteiger partial charge in [0.25, 0.3) is 0 Å². The van der Waals surface area contributed by atoms with Crippen LogP contribution in [-0.4, -0.2) is 9.97 Å². The Hall–Kier alpha value is -7.41. The fourth-order valence-corrected chi connectivity index (χ4v) is 8.08. The van der Waals surface area contributed by atoms with Gasteiger partial charge in [0.2, 0.25) is 0 Å². The zero-order valence-electron chi connectivity index (χ0n) is 29.9. The minimum absolute atomic E-state index is 0.667. The van der Waals surface area contributed by atoms with Gasteiger partial charge in [0.05, 0.1) is 23.0 Å². The molecule has 55 heavy (non-hydrogen) atoms. The van der Waals surface area contributed by atoms with Crippen molar-refractivity contribution in [3.63, 3.8) is 0 Å². The molecule has 8 aromatic carbocycles. The molecule has 0 radical (unpaired) electrons. The zero-order valence-corrected chi connectivity index (χ0v) is 29.9. The van der Waals surface area contributed by atoms with Crippen molar-refractivity contribution in [2.75, 3.05) is 0 Å². The summed E-state index contributed by atoms with van der Waals surface area (Å²) in [7, 11) is 0. The molecule has 0 N–H and O–H groups in total. The lowest BCUT2D eigenvalue weighted by molar-refractivity contribution is 1.18. The highest BCUT2D eigenvalue weighted by atomic mass is 14.9. The van der Waals surface area contributed by atoms with Crippen molar-refractivity contribution in [1.82, 2.24) is 9.97 Å². The number of benzene rings is 8. The number of hydrogen-bond donors (Lipinski definition) is 0.